The Kier molecular flexibility index (Phi) is 5.89. The molecule has 0 aliphatic heterocycles. The average molecular weight is 442 g/mol. The molecule has 0 spiro atoms. The van der Waals surface area contributed by atoms with Crippen molar-refractivity contribution in [3.8, 4) is 11.3 Å². The quantitative estimate of drug-likeness (QED) is 0.436. The van der Waals surface area contributed by atoms with Crippen LogP contribution in [-0.4, -0.2) is 33.5 Å². The topological polar surface area (TPSA) is 121 Å². The fraction of sp³-hybridized carbons (Fsp3) is 0.167. The van der Waals surface area contributed by atoms with Crippen molar-refractivity contribution in [1.29, 1.82) is 0 Å². The molecule has 0 saturated heterocycles. The van der Waals surface area contributed by atoms with E-state index in [1.165, 1.54) is 17.5 Å². The van der Waals surface area contributed by atoms with Crippen LogP contribution in [-0.2, 0) is 6.18 Å². The molecule has 0 fully saturated rings. The highest BCUT2D eigenvalue weighted by Gasteiger charge is 2.34. The number of alkyl halides is 3. The van der Waals surface area contributed by atoms with Gasteiger partial charge in [0.1, 0.15) is 16.5 Å². The van der Waals surface area contributed by atoms with E-state index in [0.29, 0.717) is 11.1 Å². The van der Waals surface area contributed by atoms with Gasteiger partial charge in [0.2, 0.25) is 0 Å². The van der Waals surface area contributed by atoms with E-state index in [1.807, 2.05) is 0 Å². The number of nitrogens with zero attached hydrogens (tertiary/aromatic N) is 1. The van der Waals surface area contributed by atoms with E-state index in [1.54, 1.807) is 0 Å². The van der Waals surface area contributed by atoms with Crippen LogP contribution in [0.5, 0.6) is 0 Å². The summed E-state index contributed by atoms with van der Waals surface area (Å²) < 4.78 is 51.8. The van der Waals surface area contributed by atoms with E-state index in [9.17, 15) is 27.2 Å². The van der Waals surface area contributed by atoms with Gasteiger partial charge in [-0.25, -0.2) is 14.2 Å². The maximum Gasteiger partial charge on any atom is 0.419 e. The largest absolute Gasteiger partial charge is 0.476 e. The summed E-state index contributed by atoms with van der Waals surface area (Å²) in [6, 6.07) is 4.48. The third kappa shape index (κ3) is 4.49. The zero-order valence-electron chi connectivity index (χ0n) is 15.0. The van der Waals surface area contributed by atoms with Gasteiger partial charge >= 0.3 is 12.1 Å². The Hall–Kier alpha value is -3.25. The number of hydrogen-bond acceptors (Lipinski definition) is 5. The van der Waals surface area contributed by atoms with Crippen LogP contribution in [0.3, 0.4) is 0 Å². The molecule has 12 heteroatoms. The van der Waals surface area contributed by atoms with Gasteiger partial charge in [0.05, 0.1) is 11.6 Å². The van der Waals surface area contributed by atoms with E-state index in [-0.39, 0.29) is 29.2 Å². The van der Waals surface area contributed by atoms with E-state index in [2.05, 4.69) is 15.3 Å². The minimum Gasteiger partial charge on any atom is -0.476 e. The molecule has 3 aromatic rings. The number of carboxylic acids is 1. The number of rotatable bonds is 6. The average Bonchev–Trinajstić information content (AvgIpc) is 3.34. The van der Waals surface area contributed by atoms with Crippen LogP contribution in [0.2, 0.25) is 0 Å². The monoisotopic (exact) mass is 442 g/mol. The van der Waals surface area contributed by atoms with E-state index < -0.39 is 35.5 Å². The second-order valence-corrected chi connectivity index (χ2v) is 7.01. The number of aromatic carboxylic acids is 1. The number of hydrogen-bond donors (Lipinski definition) is 4. The summed E-state index contributed by atoms with van der Waals surface area (Å²) in [7, 11) is 0. The van der Waals surface area contributed by atoms with Gasteiger partial charge in [0.25, 0.3) is 5.91 Å². The summed E-state index contributed by atoms with van der Waals surface area (Å²) in [4.78, 5) is 30.0. The van der Waals surface area contributed by atoms with Crippen molar-refractivity contribution >= 4 is 23.2 Å². The standard InChI is InChI=1S/C18H14F4N4O3S/c19-10-5-8(1-2-9(10)18(20,21)22)11-3-4-12(24-11)15(27)25-13(6-23)16-26-14(7-30-16)17(28)29/h1-5,7,13,24H,6,23H2,(H,25,27)(H,28,29)/t13-/m1/s1. The van der Waals surface area contributed by atoms with Crippen LogP contribution in [0.4, 0.5) is 17.6 Å². The Morgan fingerprint density at radius 3 is 2.57 bits per heavy atom. The first-order valence-electron chi connectivity index (χ1n) is 8.36. The lowest BCUT2D eigenvalue weighted by Crippen LogP contribution is -2.33. The molecule has 2 heterocycles. The smallest absolute Gasteiger partial charge is 0.419 e. The van der Waals surface area contributed by atoms with Crippen molar-refractivity contribution in [3.05, 3.63) is 63.5 Å². The molecule has 5 N–H and O–H groups in total. The maximum atomic E-state index is 13.8. The molecule has 2 aromatic heterocycles. The molecule has 30 heavy (non-hydrogen) atoms. The number of carbonyl (C=O) groups is 2. The molecule has 0 saturated carbocycles. The Morgan fingerprint density at radius 1 is 1.27 bits per heavy atom. The van der Waals surface area contributed by atoms with Crippen LogP contribution in [0, 0.1) is 5.82 Å². The number of amides is 1. The van der Waals surface area contributed by atoms with Gasteiger partial charge in [-0.3, -0.25) is 4.79 Å². The van der Waals surface area contributed by atoms with Gasteiger partial charge in [0.15, 0.2) is 5.69 Å². The van der Waals surface area contributed by atoms with Crippen molar-refractivity contribution in [2.75, 3.05) is 6.54 Å². The predicted molar refractivity (Wildman–Crippen MR) is 99.5 cm³/mol. The van der Waals surface area contributed by atoms with Crippen LogP contribution in [0.15, 0.2) is 35.7 Å². The molecule has 0 radical (unpaired) electrons. The van der Waals surface area contributed by atoms with Gasteiger partial charge in [-0.15, -0.1) is 11.3 Å². The Bertz CT molecular complexity index is 1090. The van der Waals surface area contributed by atoms with Crippen LogP contribution in [0.25, 0.3) is 11.3 Å². The molecule has 0 aliphatic rings. The second kappa shape index (κ2) is 8.24. The normalized spacial score (nSPS) is 12.6. The SMILES string of the molecule is NC[C@@H](NC(=O)c1ccc(-c2ccc(C(F)(F)F)c(F)c2)[nH]1)c1nc(C(=O)O)cs1. The number of carbonyl (C=O) groups excluding carboxylic acids is 1. The molecule has 0 unspecified atom stereocenters. The molecule has 7 nitrogen and oxygen atoms in total. The first-order chi connectivity index (χ1) is 14.1. The molecular formula is C18H14F4N4O3S. The summed E-state index contributed by atoms with van der Waals surface area (Å²) >= 11 is 1.02. The van der Waals surface area contributed by atoms with Gasteiger partial charge in [-0.2, -0.15) is 13.2 Å². The van der Waals surface area contributed by atoms with Crippen molar-refractivity contribution < 1.29 is 32.3 Å². The lowest BCUT2D eigenvalue weighted by Gasteiger charge is -2.13. The summed E-state index contributed by atoms with van der Waals surface area (Å²) in [5, 5.41) is 13.2. The van der Waals surface area contributed by atoms with Crippen LogP contribution < -0.4 is 11.1 Å². The number of halogens is 4. The lowest BCUT2D eigenvalue weighted by molar-refractivity contribution is -0.139. The van der Waals surface area contributed by atoms with Crippen molar-refractivity contribution in [2.24, 2.45) is 5.73 Å². The van der Waals surface area contributed by atoms with Gasteiger partial charge in [-0.05, 0) is 24.3 Å². The third-order valence-electron chi connectivity index (χ3n) is 4.10. The summed E-state index contributed by atoms with van der Waals surface area (Å²) in [5.41, 5.74) is 4.50. The maximum absolute atomic E-state index is 13.8. The zero-order chi connectivity index (χ0) is 22.1. The number of H-pyrrole nitrogens is 1. The first-order valence-corrected chi connectivity index (χ1v) is 9.24. The third-order valence-corrected chi connectivity index (χ3v) is 5.05. The number of nitrogens with one attached hydrogen (secondary N) is 2. The summed E-state index contributed by atoms with van der Waals surface area (Å²) in [6.07, 6.45) is -4.81. The Morgan fingerprint density at radius 2 is 2.00 bits per heavy atom. The van der Waals surface area contributed by atoms with Gasteiger partial charge < -0.3 is 21.1 Å². The molecule has 1 aromatic carbocycles. The summed E-state index contributed by atoms with van der Waals surface area (Å²) in [6.45, 7) is -0.0456. The molecule has 0 aliphatic carbocycles. The zero-order valence-corrected chi connectivity index (χ0v) is 15.8. The van der Waals surface area contributed by atoms with Crippen LogP contribution in [0.1, 0.15) is 37.6 Å². The number of thiazole rings is 1. The van der Waals surface area contributed by atoms with E-state index in [4.69, 9.17) is 10.8 Å². The fourth-order valence-corrected chi connectivity index (χ4v) is 3.47. The highest BCUT2D eigenvalue weighted by molar-refractivity contribution is 7.09. The number of aromatic amines is 1. The fourth-order valence-electron chi connectivity index (χ4n) is 2.61. The molecular weight excluding hydrogens is 428 g/mol. The number of benzene rings is 1. The molecule has 1 amide bonds. The Balaban J connectivity index is 1.77. The number of aromatic nitrogens is 2. The minimum atomic E-state index is -4.81. The van der Waals surface area contributed by atoms with Crippen molar-refractivity contribution in [3.63, 3.8) is 0 Å². The lowest BCUT2D eigenvalue weighted by atomic mass is 10.1. The highest BCUT2D eigenvalue weighted by Crippen LogP contribution is 2.33. The highest BCUT2D eigenvalue weighted by atomic mass is 32.1. The van der Waals surface area contributed by atoms with Crippen molar-refractivity contribution in [2.45, 2.75) is 12.2 Å². The molecule has 158 valence electrons. The van der Waals surface area contributed by atoms with E-state index in [0.717, 1.165) is 23.5 Å². The Labute approximate surface area is 170 Å². The first kappa shape index (κ1) is 21.5. The molecule has 0 bridgehead atoms. The second-order valence-electron chi connectivity index (χ2n) is 6.12. The minimum absolute atomic E-state index is 0.0456. The van der Waals surface area contributed by atoms with E-state index >= 15 is 0 Å². The molecule has 1 atom stereocenters. The number of carboxylic acid groups (broad SMARTS) is 1. The van der Waals surface area contributed by atoms with Gasteiger partial charge in [-0.1, -0.05) is 6.07 Å². The van der Waals surface area contributed by atoms with Crippen LogP contribution >= 0.6 is 11.3 Å². The molecule has 3 rings (SSSR count). The predicted octanol–water partition coefficient (Wildman–Crippen LogP) is 3.42. The van der Waals surface area contributed by atoms with Gasteiger partial charge in [0, 0.05) is 23.2 Å². The van der Waals surface area contributed by atoms with Crippen molar-refractivity contribution in [1.82, 2.24) is 15.3 Å². The summed E-state index contributed by atoms with van der Waals surface area (Å²) in [5.74, 6) is -3.24. The number of nitrogens with two attached hydrogens (primary N) is 1.